The predicted molar refractivity (Wildman–Crippen MR) is 103 cm³/mol. The third-order valence-electron chi connectivity index (χ3n) is 3.61. The lowest BCUT2D eigenvalue weighted by molar-refractivity contribution is -0.121. The lowest BCUT2D eigenvalue weighted by Gasteiger charge is -2.10. The number of amides is 1. The lowest BCUT2D eigenvalue weighted by atomic mass is 10.2. The highest BCUT2D eigenvalue weighted by molar-refractivity contribution is 7.98. The summed E-state index contributed by atoms with van der Waals surface area (Å²) in [6.45, 7) is 3.09. The number of thioether (sulfide) groups is 1. The zero-order valence-electron chi connectivity index (χ0n) is 14.8. The van der Waals surface area contributed by atoms with Crippen molar-refractivity contribution in [3.63, 3.8) is 0 Å². The van der Waals surface area contributed by atoms with Crippen molar-refractivity contribution in [2.45, 2.75) is 19.1 Å². The fraction of sp³-hybridized carbons (Fsp3) is 0.350. The Balaban J connectivity index is 1.56. The van der Waals surface area contributed by atoms with E-state index in [1.54, 1.807) is 7.11 Å². The minimum absolute atomic E-state index is 0.00540. The van der Waals surface area contributed by atoms with Gasteiger partial charge in [0.15, 0.2) is 11.5 Å². The Hall–Kier alpha value is -2.14. The number of hydrogen-bond acceptors (Lipinski definition) is 4. The number of methoxy groups -OCH3 is 1. The van der Waals surface area contributed by atoms with Gasteiger partial charge >= 0.3 is 0 Å². The number of ether oxygens (including phenoxy) is 2. The summed E-state index contributed by atoms with van der Waals surface area (Å²) in [6, 6.07) is 16.0. The maximum Gasteiger partial charge on any atom is 0.223 e. The summed E-state index contributed by atoms with van der Waals surface area (Å²) in [5.41, 5.74) is 2.59. The van der Waals surface area contributed by atoms with Gasteiger partial charge in [0, 0.05) is 18.1 Å². The average Bonchev–Trinajstić information content (AvgIpc) is 2.63. The van der Waals surface area contributed by atoms with Crippen molar-refractivity contribution in [2.75, 3.05) is 26.0 Å². The molecule has 2 aromatic carbocycles. The molecule has 1 N–H and O–H groups in total. The topological polar surface area (TPSA) is 47.6 Å². The van der Waals surface area contributed by atoms with E-state index in [-0.39, 0.29) is 5.91 Å². The van der Waals surface area contributed by atoms with E-state index in [2.05, 4.69) is 36.5 Å². The molecule has 134 valence electrons. The first-order chi connectivity index (χ1) is 12.2. The second-order valence-electron chi connectivity index (χ2n) is 5.64. The Kier molecular flexibility index (Phi) is 8.19. The fourth-order valence-electron chi connectivity index (χ4n) is 2.22. The molecule has 5 heteroatoms. The Bertz CT molecular complexity index is 658. The quantitative estimate of drug-likeness (QED) is 0.655. The number of hydrogen-bond donors (Lipinski definition) is 1. The van der Waals surface area contributed by atoms with E-state index in [0.717, 1.165) is 11.5 Å². The van der Waals surface area contributed by atoms with Gasteiger partial charge in [-0.1, -0.05) is 42.0 Å². The SMILES string of the molecule is COc1ccccc1OCCC(=O)NCCSCc1ccc(C)cc1. The van der Waals surface area contributed by atoms with Crippen LogP contribution in [0.4, 0.5) is 0 Å². The summed E-state index contributed by atoms with van der Waals surface area (Å²) in [4.78, 5) is 11.8. The van der Waals surface area contributed by atoms with Gasteiger partial charge in [0.05, 0.1) is 20.1 Å². The van der Waals surface area contributed by atoms with Crippen molar-refractivity contribution in [3.05, 3.63) is 59.7 Å². The number of aryl methyl sites for hydroxylation is 1. The first-order valence-electron chi connectivity index (χ1n) is 8.35. The number of para-hydroxylation sites is 2. The summed E-state index contributed by atoms with van der Waals surface area (Å²) >= 11 is 1.82. The number of carbonyl (C=O) groups is 1. The van der Waals surface area contributed by atoms with Crippen molar-refractivity contribution >= 4 is 17.7 Å². The molecule has 0 bridgehead atoms. The second-order valence-corrected chi connectivity index (χ2v) is 6.74. The Morgan fingerprint density at radius 3 is 2.52 bits per heavy atom. The zero-order valence-corrected chi connectivity index (χ0v) is 15.6. The van der Waals surface area contributed by atoms with E-state index in [1.807, 2.05) is 36.0 Å². The minimum atomic E-state index is 0.00540. The molecular formula is C20H25NO3S. The van der Waals surface area contributed by atoms with Crippen LogP contribution in [0.25, 0.3) is 0 Å². The van der Waals surface area contributed by atoms with Crippen molar-refractivity contribution in [2.24, 2.45) is 0 Å². The molecule has 0 fully saturated rings. The molecule has 0 aliphatic carbocycles. The van der Waals surface area contributed by atoms with Gasteiger partial charge in [0.2, 0.25) is 5.91 Å². The second kappa shape index (κ2) is 10.7. The molecule has 0 unspecified atom stereocenters. The highest BCUT2D eigenvalue weighted by Gasteiger charge is 2.05. The standard InChI is InChI=1S/C20H25NO3S/c1-16-7-9-17(10-8-16)15-25-14-12-21-20(22)11-13-24-19-6-4-3-5-18(19)23-2/h3-10H,11-15H2,1-2H3,(H,21,22). The molecule has 0 aromatic heterocycles. The van der Waals surface area contributed by atoms with E-state index in [1.165, 1.54) is 11.1 Å². The minimum Gasteiger partial charge on any atom is -0.493 e. The van der Waals surface area contributed by atoms with Gasteiger partial charge in [-0.05, 0) is 24.6 Å². The van der Waals surface area contributed by atoms with Gasteiger partial charge < -0.3 is 14.8 Å². The molecule has 0 saturated heterocycles. The molecule has 25 heavy (non-hydrogen) atoms. The summed E-state index contributed by atoms with van der Waals surface area (Å²) in [6.07, 6.45) is 0.334. The van der Waals surface area contributed by atoms with Crippen LogP contribution in [0.1, 0.15) is 17.5 Å². The van der Waals surface area contributed by atoms with Gasteiger partial charge in [-0.25, -0.2) is 0 Å². The predicted octanol–water partition coefficient (Wildman–Crippen LogP) is 3.82. The van der Waals surface area contributed by atoms with E-state index >= 15 is 0 Å². The van der Waals surface area contributed by atoms with Gasteiger partial charge in [0.25, 0.3) is 0 Å². The molecule has 0 radical (unpaired) electrons. The largest absolute Gasteiger partial charge is 0.493 e. The summed E-state index contributed by atoms with van der Waals surface area (Å²) in [7, 11) is 1.60. The Morgan fingerprint density at radius 2 is 1.80 bits per heavy atom. The summed E-state index contributed by atoms with van der Waals surface area (Å²) in [5, 5.41) is 2.92. The average molecular weight is 359 g/mol. The molecule has 0 saturated carbocycles. The molecule has 2 aromatic rings. The first-order valence-corrected chi connectivity index (χ1v) is 9.50. The van der Waals surface area contributed by atoms with Crippen LogP contribution >= 0.6 is 11.8 Å². The number of rotatable bonds is 10. The molecule has 2 rings (SSSR count). The van der Waals surface area contributed by atoms with E-state index in [0.29, 0.717) is 31.1 Å². The van der Waals surface area contributed by atoms with Gasteiger partial charge in [-0.3, -0.25) is 4.79 Å². The van der Waals surface area contributed by atoms with Crippen LogP contribution in [0.5, 0.6) is 11.5 Å². The number of benzene rings is 2. The van der Waals surface area contributed by atoms with Crippen LogP contribution in [-0.2, 0) is 10.5 Å². The third-order valence-corrected chi connectivity index (χ3v) is 4.64. The number of carbonyl (C=O) groups excluding carboxylic acids is 1. The molecule has 0 aliphatic heterocycles. The smallest absolute Gasteiger partial charge is 0.223 e. The van der Waals surface area contributed by atoms with Gasteiger partial charge in [-0.15, -0.1) is 0 Å². The molecule has 0 spiro atoms. The van der Waals surface area contributed by atoms with Crippen molar-refractivity contribution < 1.29 is 14.3 Å². The Labute approximate surface area is 153 Å². The fourth-order valence-corrected chi connectivity index (χ4v) is 3.04. The molecule has 0 aliphatic rings. The zero-order chi connectivity index (χ0) is 17.9. The van der Waals surface area contributed by atoms with Crippen molar-refractivity contribution in [3.8, 4) is 11.5 Å². The van der Waals surface area contributed by atoms with Crippen LogP contribution in [0.2, 0.25) is 0 Å². The highest BCUT2D eigenvalue weighted by Crippen LogP contribution is 2.25. The van der Waals surface area contributed by atoms with Gasteiger partial charge in [-0.2, -0.15) is 11.8 Å². The number of nitrogens with one attached hydrogen (secondary N) is 1. The van der Waals surface area contributed by atoms with Crippen LogP contribution in [0, 0.1) is 6.92 Å². The van der Waals surface area contributed by atoms with E-state index in [9.17, 15) is 4.79 Å². The van der Waals surface area contributed by atoms with Crippen LogP contribution in [-0.4, -0.2) is 31.9 Å². The molecule has 4 nitrogen and oxygen atoms in total. The molecule has 0 atom stereocenters. The monoisotopic (exact) mass is 359 g/mol. The van der Waals surface area contributed by atoms with Crippen molar-refractivity contribution in [1.29, 1.82) is 0 Å². The summed E-state index contributed by atoms with van der Waals surface area (Å²) < 4.78 is 10.8. The van der Waals surface area contributed by atoms with E-state index in [4.69, 9.17) is 9.47 Å². The lowest BCUT2D eigenvalue weighted by Crippen LogP contribution is -2.27. The van der Waals surface area contributed by atoms with Crippen LogP contribution < -0.4 is 14.8 Å². The molecular weight excluding hydrogens is 334 g/mol. The van der Waals surface area contributed by atoms with Gasteiger partial charge in [0.1, 0.15) is 0 Å². The first kappa shape index (κ1) is 19.2. The normalized spacial score (nSPS) is 10.3. The van der Waals surface area contributed by atoms with Crippen LogP contribution in [0.3, 0.4) is 0 Å². The highest BCUT2D eigenvalue weighted by atomic mass is 32.2. The van der Waals surface area contributed by atoms with E-state index < -0.39 is 0 Å². The third kappa shape index (κ3) is 7.10. The maximum absolute atomic E-state index is 11.8. The van der Waals surface area contributed by atoms with Crippen molar-refractivity contribution in [1.82, 2.24) is 5.32 Å². The maximum atomic E-state index is 11.8. The summed E-state index contributed by atoms with van der Waals surface area (Å²) in [5.74, 6) is 3.20. The molecule has 1 amide bonds. The van der Waals surface area contributed by atoms with Crippen LogP contribution in [0.15, 0.2) is 48.5 Å². The molecule has 0 heterocycles. The Morgan fingerprint density at radius 1 is 1.08 bits per heavy atom.